The lowest BCUT2D eigenvalue weighted by molar-refractivity contribution is 0.0700. The van der Waals surface area contributed by atoms with E-state index < -0.39 is 5.97 Å². The third-order valence-electron chi connectivity index (χ3n) is 3.15. The van der Waals surface area contributed by atoms with E-state index in [2.05, 4.69) is 19.0 Å². The molecular formula is C13H17NO3S2. The predicted molar refractivity (Wildman–Crippen MR) is 78.7 cm³/mol. The van der Waals surface area contributed by atoms with Gasteiger partial charge in [-0.1, -0.05) is 19.0 Å². The molecule has 0 saturated heterocycles. The summed E-state index contributed by atoms with van der Waals surface area (Å²) in [6.45, 7) is 4.26. The van der Waals surface area contributed by atoms with Gasteiger partial charge in [-0.2, -0.15) is 0 Å². The lowest BCUT2D eigenvalue weighted by Crippen LogP contribution is -2.28. The summed E-state index contributed by atoms with van der Waals surface area (Å²) < 4.78 is 1.01. The van der Waals surface area contributed by atoms with Crippen LogP contribution in [-0.4, -0.2) is 30.2 Å². The van der Waals surface area contributed by atoms with Gasteiger partial charge in [0.1, 0.15) is 12.0 Å². The molecular weight excluding hydrogens is 282 g/mol. The Morgan fingerprint density at radius 2 is 2.16 bits per heavy atom. The van der Waals surface area contributed by atoms with E-state index in [1.807, 2.05) is 6.26 Å². The van der Waals surface area contributed by atoms with Crippen molar-refractivity contribution in [3.8, 4) is 0 Å². The molecule has 0 radical (unpaired) electrons. The average Bonchev–Trinajstić information content (AvgIpc) is 2.66. The molecule has 1 aromatic heterocycles. The van der Waals surface area contributed by atoms with Crippen molar-refractivity contribution in [3.05, 3.63) is 16.0 Å². The summed E-state index contributed by atoms with van der Waals surface area (Å²) in [7, 11) is 1.53. The van der Waals surface area contributed by atoms with E-state index >= 15 is 0 Å². The number of carbonyl (C=O) groups is 1. The lowest BCUT2D eigenvalue weighted by Gasteiger charge is -2.30. The molecule has 0 spiro atoms. The van der Waals surface area contributed by atoms with Crippen molar-refractivity contribution in [2.45, 2.75) is 30.9 Å². The quantitative estimate of drug-likeness (QED) is 0.685. The van der Waals surface area contributed by atoms with Gasteiger partial charge in [0.15, 0.2) is 0 Å². The second kappa shape index (κ2) is 5.17. The van der Waals surface area contributed by atoms with Crippen LogP contribution in [0.4, 0.5) is 0 Å². The summed E-state index contributed by atoms with van der Waals surface area (Å²) in [6, 6.07) is 0. The second-order valence-corrected chi connectivity index (χ2v) is 7.42. The maximum absolute atomic E-state index is 11.4. The summed E-state index contributed by atoms with van der Waals surface area (Å²) in [4.78, 5) is 16.8. The first-order chi connectivity index (χ1) is 8.89. The van der Waals surface area contributed by atoms with Crippen LogP contribution in [0.2, 0.25) is 0 Å². The normalized spacial score (nSPS) is 19.3. The van der Waals surface area contributed by atoms with Gasteiger partial charge in [0.25, 0.3) is 0 Å². The van der Waals surface area contributed by atoms with Crippen LogP contribution in [0, 0.1) is 5.41 Å². The van der Waals surface area contributed by atoms with Gasteiger partial charge in [-0.25, -0.2) is 4.79 Å². The van der Waals surface area contributed by atoms with Gasteiger partial charge in [0.05, 0.1) is 9.92 Å². The van der Waals surface area contributed by atoms with Gasteiger partial charge < -0.3 is 9.94 Å². The Balaban J connectivity index is 2.67. The maximum atomic E-state index is 11.4. The number of thioether (sulfide) groups is 1. The van der Waals surface area contributed by atoms with Gasteiger partial charge >= 0.3 is 5.97 Å². The third-order valence-corrected chi connectivity index (χ3v) is 5.49. The molecule has 0 aliphatic heterocycles. The zero-order chi connectivity index (χ0) is 14.2. The van der Waals surface area contributed by atoms with Crippen molar-refractivity contribution in [1.29, 1.82) is 0 Å². The molecule has 1 aromatic rings. The summed E-state index contributed by atoms with van der Waals surface area (Å²) in [5.41, 5.74) is 2.76. The number of carboxylic acid groups (broad SMARTS) is 1. The molecule has 1 aliphatic carbocycles. The molecule has 0 atom stereocenters. The van der Waals surface area contributed by atoms with Crippen molar-refractivity contribution in [3.63, 3.8) is 0 Å². The van der Waals surface area contributed by atoms with Crippen LogP contribution in [0.15, 0.2) is 9.36 Å². The minimum Gasteiger partial charge on any atom is -0.477 e. The largest absolute Gasteiger partial charge is 0.477 e. The molecule has 2 rings (SSSR count). The molecule has 0 saturated carbocycles. The Morgan fingerprint density at radius 3 is 2.68 bits per heavy atom. The Bertz CT molecular complexity index is 546. The van der Waals surface area contributed by atoms with E-state index in [9.17, 15) is 9.90 Å². The van der Waals surface area contributed by atoms with E-state index in [-0.39, 0.29) is 5.41 Å². The topological polar surface area (TPSA) is 58.9 Å². The third kappa shape index (κ3) is 2.65. The van der Waals surface area contributed by atoms with E-state index in [0.717, 1.165) is 33.9 Å². The molecule has 1 aliphatic rings. The fraction of sp³-hybridized carbons (Fsp3) is 0.538. The summed E-state index contributed by atoms with van der Waals surface area (Å²) in [5.74, 6) is -0.851. The number of hydrogen-bond donors (Lipinski definition) is 1. The molecule has 1 N–H and O–H groups in total. The highest BCUT2D eigenvalue weighted by Gasteiger charge is 2.36. The monoisotopic (exact) mass is 299 g/mol. The summed E-state index contributed by atoms with van der Waals surface area (Å²) >= 11 is 2.91. The molecule has 6 heteroatoms. The van der Waals surface area contributed by atoms with Gasteiger partial charge in [-0.3, -0.25) is 0 Å². The van der Waals surface area contributed by atoms with Crippen LogP contribution < -0.4 is 0 Å². The number of thiophene rings is 1. The fourth-order valence-corrected chi connectivity index (χ4v) is 4.43. The number of aromatic carboxylic acids is 1. The molecule has 0 aromatic carbocycles. The summed E-state index contributed by atoms with van der Waals surface area (Å²) in [6.07, 6.45) is 3.53. The number of oxime groups is 1. The zero-order valence-electron chi connectivity index (χ0n) is 11.4. The van der Waals surface area contributed by atoms with E-state index in [1.165, 1.54) is 18.4 Å². The number of nitrogens with zero attached hydrogens (tertiary/aromatic N) is 1. The van der Waals surface area contributed by atoms with Gasteiger partial charge in [0.2, 0.25) is 0 Å². The first-order valence-corrected chi connectivity index (χ1v) is 7.97. The van der Waals surface area contributed by atoms with Gasteiger partial charge in [0, 0.05) is 5.56 Å². The smallest absolute Gasteiger partial charge is 0.346 e. The molecule has 19 heavy (non-hydrogen) atoms. The highest BCUT2D eigenvalue weighted by atomic mass is 32.2. The van der Waals surface area contributed by atoms with Crippen molar-refractivity contribution >= 4 is 34.8 Å². The fourth-order valence-electron chi connectivity index (χ4n) is 2.49. The Hall–Kier alpha value is -1.01. The number of rotatable bonds is 3. The van der Waals surface area contributed by atoms with Crippen LogP contribution in [0.25, 0.3) is 0 Å². The first-order valence-electron chi connectivity index (χ1n) is 5.93. The van der Waals surface area contributed by atoms with Crippen molar-refractivity contribution in [2.75, 3.05) is 13.4 Å². The van der Waals surface area contributed by atoms with E-state index in [0.29, 0.717) is 4.88 Å². The number of fused-ring (bicyclic) bond motifs is 1. The van der Waals surface area contributed by atoms with E-state index in [1.54, 1.807) is 11.8 Å². The molecule has 4 nitrogen and oxygen atoms in total. The molecule has 0 bridgehead atoms. The Morgan fingerprint density at radius 1 is 1.47 bits per heavy atom. The lowest BCUT2D eigenvalue weighted by atomic mass is 9.74. The van der Waals surface area contributed by atoms with Crippen LogP contribution >= 0.6 is 23.1 Å². The highest BCUT2D eigenvalue weighted by Crippen LogP contribution is 2.44. The second-order valence-electron chi connectivity index (χ2n) is 5.32. The van der Waals surface area contributed by atoms with Crippen LogP contribution in [0.3, 0.4) is 0 Å². The molecule has 0 amide bonds. The summed E-state index contributed by atoms with van der Waals surface area (Å²) in [5, 5.41) is 13.5. The van der Waals surface area contributed by atoms with Crippen LogP contribution in [0.1, 0.15) is 41.1 Å². The Kier molecular flexibility index (Phi) is 3.92. The average molecular weight is 299 g/mol. The highest BCUT2D eigenvalue weighted by molar-refractivity contribution is 8.00. The van der Waals surface area contributed by atoms with Crippen molar-refractivity contribution < 1.29 is 14.7 Å². The molecule has 1 heterocycles. The van der Waals surface area contributed by atoms with Crippen LogP contribution in [0.5, 0.6) is 0 Å². The molecule has 0 fully saturated rings. The van der Waals surface area contributed by atoms with Gasteiger partial charge in [-0.05, 0) is 30.1 Å². The number of hydrogen-bond acceptors (Lipinski definition) is 5. The van der Waals surface area contributed by atoms with Gasteiger partial charge in [-0.15, -0.1) is 23.1 Å². The SMILES string of the molecule is CON=C1CC(C)(C)Cc2c(C(=O)O)sc(SC)c21. The molecule has 104 valence electrons. The zero-order valence-corrected chi connectivity index (χ0v) is 13.1. The van der Waals surface area contributed by atoms with Crippen molar-refractivity contribution in [1.82, 2.24) is 0 Å². The van der Waals surface area contributed by atoms with E-state index in [4.69, 9.17) is 4.84 Å². The number of carboxylic acids is 1. The standard InChI is InChI=1S/C13H17NO3S2/c1-13(2)5-7-9(8(6-13)14-17-3)12(18-4)19-10(7)11(15)16/h5-6H2,1-4H3,(H,15,16). The first kappa shape index (κ1) is 14.4. The minimum atomic E-state index is -0.851. The maximum Gasteiger partial charge on any atom is 0.346 e. The van der Waals surface area contributed by atoms with Crippen molar-refractivity contribution in [2.24, 2.45) is 10.6 Å². The molecule has 0 unspecified atom stereocenters. The minimum absolute atomic E-state index is 0.00527. The van der Waals surface area contributed by atoms with Crippen LogP contribution in [-0.2, 0) is 11.3 Å². The Labute approximate surface area is 120 Å². The predicted octanol–water partition coefficient (Wildman–Crippen LogP) is 3.49.